The molecule has 0 aromatic heterocycles. The third-order valence-electron chi connectivity index (χ3n) is 2.10. The van der Waals surface area contributed by atoms with Gasteiger partial charge in [0.05, 0.1) is 0 Å². The van der Waals surface area contributed by atoms with E-state index in [2.05, 4.69) is 30.6 Å². The van der Waals surface area contributed by atoms with Crippen LogP contribution in [0.15, 0.2) is 0 Å². The van der Waals surface area contributed by atoms with Crippen LogP contribution in [-0.2, 0) is 9.59 Å². The van der Waals surface area contributed by atoms with E-state index in [-0.39, 0.29) is 11.5 Å². The third-order valence-corrected chi connectivity index (χ3v) is 3.39. The van der Waals surface area contributed by atoms with E-state index in [1.54, 1.807) is 0 Å². The van der Waals surface area contributed by atoms with Crippen LogP contribution in [0.3, 0.4) is 0 Å². The molecule has 7 heteroatoms. The highest BCUT2D eigenvalue weighted by atomic mass is 32.1. The Morgan fingerprint density at radius 1 is 1.27 bits per heavy atom. The maximum atomic E-state index is 11.6. The lowest BCUT2D eigenvalue weighted by Gasteiger charge is -2.30. The van der Waals surface area contributed by atoms with Crippen molar-refractivity contribution in [3.63, 3.8) is 0 Å². The van der Waals surface area contributed by atoms with Crippen LogP contribution >= 0.6 is 25.3 Å². The van der Waals surface area contributed by atoms with E-state index in [4.69, 9.17) is 11.5 Å². The van der Waals surface area contributed by atoms with E-state index in [9.17, 15) is 9.59 Å². The summed E-state index contributed by atoms with van der Waals surface area (Å²) in [6.45, 7) is 3.02. The normalized spacial score (nSPS) is 18.7. The number of hydrogen-bond donors (Lipinski definition) is 5. The van der Waals surface area contributed by atoms with Crippen LogP contribution in [-0.4, -0.2) is 34.4 Å². The number of carbonyl (C=O) groups is 2. The predicted molar refractivity (Wildman–Crippen MR) is 66.0 cm³/mol. The largest absolute Gasteiger partial charge is 0.368 e. The molecule has 0 aliphatic carbocycles. The molecule has 2 atom stereocenters. The fraction of sp³-hybridized carbons (Fsp3) is 0.750. The van der Waals surface area contributed by atoms with Gasteiger partial charge in [-0.25, -0.2) is 0 Å². The lowest BCUT2D eigenvalue weighted by atomic mass is 10.00. The third kappa shape index (κ3) is 3.58. The Labute approximate surface area is 100 Å². The smallest absolute Gasteiger partial charge is 0.243 e. The standard InChI is InChI=1S/C8H17N3O2S2/c1-7(10,3-14)6(13)11-8(2,4-15)5(9)12/h14-15H,3-4,10H2,1-2H3,(H2,9,12)(H,11,13)/t7-,8?/m1/s1. The zero-order valence-electron chi connectivity index (χ0n) is 8.78. The van der Waals surface area contributed by atoms with Crippen molar-refractivity contribution in [1.82, 2.24) is 5.32 Å². The summed E-state index contributed by atoms with van der Waals surface area (Å²) in [5, 5.41) is 2.47. The van der Waals surface area contributed by atoms with Crippen LogP contribution < -0.4 is 16.8 Å². The molecule has 5 nitrogen and oxygen atoms in total. The molecular weight excluding hydrogens is 234 g/mol. The van der Waals surface area contributed by atoms with E-state index in [1.807, 2.05) is 0 Å². The van der Waals surface area contributed by atoms with Crippen LogP contribution in [0.5, 0.6) is 0 Å². The fourth-order valence-corrected chi connectivity index (χ4v) is 1.02. The SMILES string of the molecule is CC(CS)(NC(=O)[C@](C)(N)CS)C(N)=O. The predicted octanol–water partition coefficient (Wildman–Crippen LogP) is -1.08. The zero-order valence-corrected chi connectivity index (χ0v) is 10.6. The number of amides is 2. The van der Waals surface area contributed by atoms with Crippen molar-refractivity contribution in [3.8, 4) is 0 Å². The van der Waals surface area contributed by atoms with Crippen LogP contribution in [0.1, 0.15) is 13.8 Å². The number of nitrogens with two attached hydrogens (primary N) is 2. The van der Waals surface area contributed by atoms with Gasteiger partial charge in [0.15, 0.2) is 0 Å². The summed E-state index contributed by atoms with van der Waals surface area (Å²) < 4.78 is 0. The minimum Gasteiger partial charge on any atom is -0.368 e. The van der Waals surface area contributed by atoms with Gasteiger partial charge in [-0.3, -0.25) is 9.59 Å². The highest BCUT2D eigenvalue weighted by molar-refractivity contribution is 7.80. The number of hydrogen-bond acceptors (Lipinski definition) is 5. The molecule has 15 heavy (non-hydrogen) atoms. The second-order valence-electron chi connectivity index (χ2n) is 3.88. The van der Waals surface area contributed by atoms with Crippen molar-refractivity contribution >= 4 is 37.1 Å². The molecule has 0 rings (SSSR count). The topological polar surface area (TPSA) is 98.2 Å². The molecule has 0 saturated carbocycles. The average Bonchev–Trinajstić information content (AvgIpc) is 2.17. The van der Waals surface area contributed by atoms with Gasteiger partial charge in [0.25, 0.3) is 0 Å². The summed E-state index contributed by atoms with van der Waals surface area (Å²) in [5.41, 5.74) is 8.48. The summed E-state index contributed by atoms with van der Waals surface area (Å²) in [6.07, 6.45) is 0. The van der Waals surface area contributed by atoms with Crippen molar-refractivity contribution < 1.29 is 9.59 Å². The fourth-order valence-electron chi connectivity index (χ4n) is 0.644. The average molecular weight is 251 g/mol. The Kier molecular flexibility index (Phi) is 4.95. The zero-order chi connectivity index (χ0) is 12.3. The van der Waals surface area contributed by atoms with Crippen LogP contribution in [0, 0.1) is 0 Å². The maximum absolute atomic E-state index is 11.6. The summed E-state index contributed by atoms with van der Waals surface area (Å²) in [5.74, 6) is -0.856. The summed E-state index contributed by atoms with van der Waals surface area (Å²) in [4.78, 5) is 22.7. The Bertz CT molecular complexity index is 271. The first-order chi connectivity index (χ1) is 6.69. The lowest BCUT2D eigenvalue weighted by molar-refractivity contribution is -0.132. The first-order valence-electron chi connectivity index (χ1n) is 4.33. The second kappa shape index (κ2) is 5.09. The molecule has 0 aliphatic rings. The second-order valence-corrected chi connectivity index (χ2v) is 4.52. The van der Waals surface area contributed by atoms with E-state index < -0.39 is 22.9 Å². The van der Waals surface area contributed by atoms with Gasteiger partial charge in [-0.2, -0.15) is 25.3 Å². The highest BCUT2D eigenvalue weighted by Crippen LogP contribution is 2.09. The van der Waals surface area contributed by atoms with Crippen molar-refractivity contribution in [3.05, 3.63) is 0 Å². The van der Waals surface area contributed by atoms with E-state index >= 15 is 0 Å². The number of carbonyl (C=O) groups excluding carboxylic acids is 2. The van der Waals surface area contributed by atoms with Gasteiger partial charge in [-0.15, -0.1) is 0 Å². The first-order valence-corrected chi connectivity index (χ1v) is 5.59. The molecule has 2 amide bonds. The maximum Gasteiger partial charge on any atom is 0.243 e. The van der Waals surface area contributed by atoms with Gasteiger partial charge in [0.2, 0.25) is 11.8 Å². The Balaban J connectivity index is 4.72. The van der Waals surface area contributed by atoms with E-state index in [0.29, 0.717) is 0 Å². The first kappa shape index (κ1) is 14.6. The number of primary amides is 1. The van der Waals surface area contributed by atoms with Crippen molar-refractivity contribution in [2.24, 2.45) is 11.5 Å². The molecule has 0 aromatic carbocycles. The molecule has 5 N–H and O–H groups in total. The minimum absolute atomic E-state index is 0.108. The molecule has 0 spiro atoms. The molecular formula is C8H17N3O2S2. The molecule has 0 heterocycles. The molecule has 0 radical (unpaired) electrons. The molecule has 0 fully saturated rings. The van der Waals surface area contributed by atoms with Gasteiger partial charge in [-0.05, 0) is 13.8 Å². The van der Waals surface area contributed by atoms with Gasteiger partial charge in [0.1, 0.15) is 11.1 Å². The molecule has 1 unspecified atom stereocenters. The minimum atomic E-state index is -1.19. The van der Waals surface area contributed by atoms with Gasteiger partial charge >= 0.3 is 0 Å². The van der Waals surface area contributed by atoms with Crippen molar-refractivity contribution in [2.75, 3.05) is 11.5 Å². The summed E-state index contributed by atoms with van der Waals surface area (Å²) in [6, 6.07) is 0. The quantitative estimate of drug-likeness (QED) is 0.402. The van der Waals surface area contributed by atoms with Crippen molar-refractivity contribution in [2.45, 2.75) is 24.9 Å². The lowest BCUT2D eigenvalue weighted by Crippen LogP contribution is -2.64. The Morgan fingerprint density at radius 2 is 1.73 bits per heavy atom. The van der Waals surface area contributed by atoms with Gasteiger partial charge in [-0.1, -0.05) is 0 Å². The Hall–Kier alpha value is -0.400. The van der Waals surface area contributed by atoms with Crippen molar-refractivity contribution in [1.29, 1.82) is 0 Å². The van der Waals surface area contributed by atoms with Gasteiger partial charge < -0.3 is 16.8 Å². The monoisotopic (exact) mass is 251 g/mol. The van der Waals surface area contributed by atoms with Crippen LogP contribution in [0.25, 0.3) is 0 Å². The number of nitrogens with one attached hydrogen (secondary N) is 1. The molecule has 0 saturated heterocycles. The summed E-state index contributed by atoms with van der Waals surface area (Å²) in [7, 11) is 0. The number of rotatable bonds is 5. The summed E-state index contributed by atoms with van der Waals surface area (Å²) >= 11 is 7.91. The Morgan fingerprint density at radius 3 is 2.00 bits per heavy atom. The molecule has 0 aromatic rings. The highest BCUT2D eigenvalue weighted by Gasteiger charge is 2.36. The van der Waals surface area contributed by atoms with E-state index in [1.165, 1.54) is 13.8 Å². The van der Waals surface area contributed by atoms with Gasteiger partial charge in [0, 0.05) is 11.5 Å². The van der Waals surface area contributed by atoms with E-state index in [0.717, 1.165) is 0 Å². The number of thiol groups is 2. The molecule has 0 bridgehead atoms. The molecule has 88 valence electrons. The molecule has 0 aliphatic heterocycles. The van der Waals surface area contributed by atoms with Crippen LogP contribution in [0.2, 0.25) is 0 Å². The van der Waals surface area contributed by atoms with Crippen LogP contribution in [0.4, 0.5) is 0 Å².